The summed E-state index contributed by atoms with van der Waals surface area (Å²) in [6.45, 7) is 5.88. The van der Waals surface area contributed by atoms with Crippen LogP contribution in [0.1, 0.15) is 36.8 Å². The summed E-state index contributed by atoms with van der Waals surface area (Å²) in [5.41, 5.74) is 11.3. The van der Waals surface area contributed by atoms with E-state index in [1.807, 2.05) is 5.01 Å². The molecule has 0 saturated carbocycles. The molecule has 1 aromatic carbocycles. The van der Waals surface area contributed by atoms with E-state index in [0.29, 0.717) is 6.54 Å². The van der Waals surface area contributed by atoms with Gasteiger partial charge in [0.05, 0.1) is 0 Å². The number of carbonyl (C=O) groups excluding carboxylic acids is 1. The molecule has 1 fully saturated rings. The fourth-order valence-corrected chi connectivity index (χ4v) is 3.06. The highest BCUT2D eigenvalue weighted by Crippen LogP contribution is 2.20. The third kappa shape index (κ3) is 5.37. The van der Waals surface area contributed by atoms with E-state index < -0.39 is 6.03 Å². The van der Waals surface area contributed by atoms with Crippen molar-refractivity contribution < 1.29 is 4.79 Å². The van der Waals surface area contributed by atoms with Crippen LogP contribution in [0.3, 0.4) is 0 Å². The number of urea groups is 1. The van der Waals surface area contributed by atoms with Gasteiger partial charge in [0.2, 0.25) is 0 Å². The minimum atomic E-state index is -0.464. The maximum Gasteiger partial charge on any atom is 0.344 e. The molecule has 0 aromatic heterocycles. The summed E-state index contributed by atoms with van der Waals surface area (Å²) < 4.78 is 0. The molecule has 126 valence electrons. The van der Waals surface area contributed by atoms with Gasteiger partial charge in [-0.25, -0.2) is 15.2 Å². The number of rotatable bonds is 4. The van der Waals surface area contributed by atoms with Crippen molar-refractivity contribution in [2.75, 3.05) is 19.6 Å². The number of hydrogen-bond donors (Lipinski definition) is 2. The topological polar surface area (TPSA) is 61.6 Å². The summed E-state index contributed by atoms with van der Waals surface area (Å²) in [5.74, 6) is 0. The van der Waals surface area contributed by atoms with Gasteiger partial charge >= 0.3 is 6.03 Å². The molecule has 1 aromatic rings. The van der Waals surface area contributed by atoms with E-state index in [1.54, 1.807) is 17.2 Å². The lowest BCUT2D eigenvalue weighted by molar-refractivity contribution is -0.0339. The molecule has 1 aliphatic carbocycles. The summed E-state index contributed by atoms with van der Waals surface area (Å²) in [6, 6.07) is 8.27. The Bertz CT molecular complexity index is 488. The fraction of sp³-hybridized carbons (Fsp3) is 0.500. The second-order valence-corrected chi connectivity index (χ2v) is 5.94. The summed E-state index contributed by atoms with van der Waals surface area (Å²) in [7, 11) is 0. The lowest BCUT2D eigenvalue weighted by Gasteiger charge is -2.35. The molecular formula is C18H28N4O. The number of hydrogen-bond acceptors (Lipinski definition) is 3. The molecule has 23 heavy (non-hydrogen) atoms. The summed E-state index contributed by atoms with van der Waals surface area (Å²) >= 11 is 0. The Hall–Kier alpha value is -1.85. The number of fused-ring (bicyclic) bond motifs is 1. The quantitative estimate of drug-likeness (QED) is 0.663. The van der Waals surface area contributed by atoms with Crippen molar-refractivity contribution in [3.8, 4) is 0 Å². The monoisotopic (exact) mass is 316 g/mol. The normalized spacial score (nSPS) is 16.9. The Morgan fingerprint density at radius 3 is 2.30 bits per heavy atom. The Kier molecular flexibility index (Phi) is 7.10. The predicted octanol–water partition coefficient (Wildman–Crippen LogP) is 2.63. The van der Waals surface area contributed by atoms with Crippen molar-refractivity contribution in [2.24, 2.45) is 5.73 Å². The van der Waals surface area contributed by atoms with Crippen molar-refractivity contribution >= 4 is 6.03 Å². The van der Waals surface area contributed by atoms with Crippen LogP contribution in [0.25, 0.3) is 0 Å². The molecular weight excluding hydrogens is 288 g/mol. The van der Waals surface area contributed by atoms with Gasteiger partial charge in [-0.2, -0.15) is 5.12 Å². The van der Waals surface area contributed by atoms with E-state index in [9.17, 15) is 4.79 Å². The largest absolute Gasteiger partial charge is 0.349 e. The molecule has 1 aliphatic heterocycles. The first kappa shape index (κ1) is 17.5. The number of nitrogens with two attached hydrogens (primary N) is 1. The van der Waals surface area contributed by atoms with Crippen LogP contribution in [0.5, 0.6) is 0 Å². The molecule has 1 saturated heterocycles. The van der Waals surface area contributed by atoms with Gasteiger partial charge in [-0.3, -0.25) is 0 Å². The molecule has 0 atom stereocenters. The van der Waals surface area contributed by atoms with Gasteiger partial charge in [-0.15, -0.1) is 6.58 Å². The predicted molar refractivity (Wildman–Crippen MR) is 93.5 cm³/mol. The molecule has 3 N–H and O–H groups in total. The minimum absolute atomic E-state index is 0.464. The number of piperidine rings is 1. The average molecular weight is 316 g/mol. The lowest BCUT2D eigenvalue weighted by atomic mass is 10.1. The first-order chi connectivity index (χ1) is 11.2. The molecule has 1 heterocycles. The van der Waals surface area contributed by atoms with Crippen LogP contribution in [-0.4, -0.2) is 35.8 Å². The van der Waals surface area contributed by atoms with Crippen LogP contribution in [0.2, 0.25) is 0 Å². The maximum absolute atomic E-state index is 11.1. The van der Waals surface area contributed by atoms with Gasteiger partial charge < -0.3 is 5.73 Å². The lowest BCUT2D eigenvalue weighted by Crippen LogP contribution is -2.57. The molecule has 3 rings (SSSR count). The van der Waals surface area contributed by atoms with Gasteiger partial charge in [0.1, 0.15) is 0 Å². The summed E-state index contributed by atoms with van der Waals surface area (Å²) in [5, 5.41) is 3.33. The average Bonchev–Trinajstić information content (AvgIpc) is 3.05. The molecule has 5 nitrogen and oxygen atoms in total. The molecule has 2 amide bonds. The number of hydrazine groups is 2. The second kappa shape index (κ2) is 9.33. The van der Waals surface area contributed by atoms with E-state index in [1.165, 1.54) is 30.8 Å². The first-order valence-electron chi connectivity index (χ1n) is 8.48. The molecule has 0 unspecified atom stereocenters. The van der Waals surface area contributed by atoms with Gasteiger partial charge in [0.25, 0.3) is 0 Å². The summed E-state index contributed by atoms with van der Waals surface area (Å²) in [6.07, 6.45) is 9.11. The molecule has 2 aliphatic rings. The third-order valence-corrected chi connectivity index (χ3v) is 4.22. The standard InChI is InChI=1S/C9H18N4O.C9H10/c1-2-6-11-13(9(10)14)12-7-4-3-5-8-12;1-2-5-9-7-3-6-8(9)4-1/h2,11H,1,3-8H2,(H2,10,14);1-2,4-5H,3,6-7H2. The van der Waals surface area contributed by atoms with Crippen molar-refractivity contribution in [2.45, 2.75) is 38.5 Å². The number of primary amides is 1. The number of nitrogens with one attached hydrogen (secondary N) is 1. The zero-order valence-corrected chi connectivity index (χ0v) is 13.8. The van der Waals surface area contributed by atoms with Crippen molar-refractivity contribution in [1.29, 1.82) is 0 Å². The fourth-order valence-electron chi connectivity index (χ4n) is 3.06. The van der Waals surface area contributed by atoms with Crippen molar-refractivity contribution in [3.63, 3.8) is 0 Å². The van der Waals surface area contributed by atoms with E-state index in [-0.39, 0.29) is 0 Å². The molecule has 0 bridgehead atoms. The number of nitrogens with zero attached hydrogens (tertiary/aromatic N) is 2. The smallest absolute Gasteiger partial charge is 0.344 e. The van der Waals surface area contributed by atoms with Crippen LogP contribution >= 0.6 is 0 Å². The van der Waals surface area contributed by atoms with Crippen LogP contribution in [0, 0.1) is 0 Å². The highest BCUT2D eigenvalue weighted by Gasteiger charge is 2.20. The molecule has 5 heteroatoms. The Morgan fingerprint density at radius 1 is 1.17 bits per heavy atom. The number of carbonyl (C=O) groups is 1. The van der Waals surface area contributed by atoms with Crippen molar-refractivity contribution in [1.82, 2.24) is 15.6 Å². The SMILES string of the molecule is C=CCNN(C(N)=O)N1CCCCC1.c1ccc2c(c1)CCC2. The first-order valence-corrected chi connectivity index (χ1v) is 8.48. The van der Waals surface area contributed by atoms with Crippen LogP contribution in [0.4, 0.5) is 4.79 Å². The highest BCUT2D eigenvalue weighted by atomic mass is 16.2. The highest BCUT2D eigenvalue weighted by molar-refractivity contribution is 5.70. The maximum atomic E-state index is 11.1. The van der Waals surface area contributed by atoms with Gasteiger partial charge in [0.15, 0.2) is 0 Å². The van der Waals surface area contributed by atoms with E-state index in [2.05, 4.69) is 36.3 Å². The number of benzene rings is 1. The Balaban J connectivity index is 0.000000182. The van der Waals surface area contributed by atoms with E-state index in [4.69, 9.17) is 5.73 Å². The van der Waals surface area contributed by atoms with Gasteiger partial charge in [-0.1, -0.05) is 36.8 Å². The van der Waals surface area contributed by atoms with Crippen LogP contribution < -0.4 is 11.2 Å². The molecule has 0 radical (unpaired) electrons. The zero-order chi connectivity index (χ0) is 16.5. The number of amides is 2. The summed E-state index contributed by atoms with van der Waals surface area (Å²) in [4.78, 5) is 11.1. The van der Waals surface area contributed by atoms with E-state index >= 15 is 0 Å². The van der Waals surface area contributed by atoms with Gasteiger partial charge in [-0.05, 0) is 43.2 Å². The molecule has 0 spiro atoms. The van der Waals surface area contributed by atoms with Crippen molar-refractivity contribution in [3.05, 3.63) is 48.0 Å². The number of aryl methyl sites for hydroxylation is 2. The third-order valence-electron chi connectivity index (χ3n) is 4.22. The van der Waals surface area contributed by atoms with Gasteiger partial charge in [0, 0.05) is 19.6 Å². The second-order valence-electron chi connectivity index (χ2n) is 5.94. The Morgan fingerprint density at radius 2 is 1.78 bits per heavy atom. The van der Waals surface area contributed by atoms with Crippen LogP contribution in [0.15, 0.2) is 36.9 Å². The van der Waals surface area contributed by atoms with E-state index in [0.717, 1.165) is 25.9 Å². The van der Waals surface area contributed by atoms with Crippen LogP contribution in [-0.2, 0) is 12.8 Å². The minimum Gasteiger partial charge on any atom is -0.349 e. The Labute approximate surface area is 139 Å². The zero-order valence-electron chi connectivity index (χ0n) is 13.8.